The minimum Gasteiger partial charge on any atom is -0.432 e. The summed E-state index contributed by atoms with van der Waals surface area (Å²) in [6.07, 6.45) is -4.04. The summed E-state index contributed by atoms with van der Waals surface area (Å²) < 4.78 is 23.7. The van der Waals surface area contributed by atoms with Crippen LogP contribution in [0, 0.1) is 50.7 Å². The molecule has 0 aromatic rings. The predicted molar refractivity (Wildman–Crippen MR) is 193 cm³/mol. The Hall–Kier alpha value is -1.23. The molecule has 0 aromatic heterocycles. The molecule has 308 valence electrons. The number of rotatable bonds is 5. The van der Waals surface area contributed by atoms with Gasteiger partial charge in [-0.3, -0.25) is 4.79 Å². The summed E-state index contributed by atoms with van der Waals surface area (Å²) in [6.45, 7) is 14.8. The summed E-state index contributed by atoms with van der Waals surface area (Å²) in [4.78, 5) is 14.6. The summed E-state index contributed by atoms with van der Waals surface area (Å²) in [5.74, 6) is -0.699. The van der Waals surface area contributed by atoms with Crippen LogP contribution in [0.4, 0.5) is 0 Å². The van der Waals surface area contributed by atoms with E-state index in [0.29, 0.717) is 31.6 Å². The van der Waals surface area contributed by atoms with E-state index >= 15 is 0 Å². The molecule has 4 saturated carbocycles. The fourth-order valence-corrected chi connectivity index (χ4v) is 13.5. The number of hydrogen-bond acceptors (Lipinski definition) is 13. The quantitative estimate of drug-likeness (QED) is 0.114. The van der Waals surface area contributed by atoms with E-state index in [1.54, 1.807) is 0 Å². The number of hydrogen-bond donors (Lipinski definition) is 8. The summed E-state index contributed by atoms with van der Waals surface area (Å²) >= 11 is 0. The van der Waals surface area contributed by atoms with Gasteiger partial charge in [0.1, 0.15) is 42.7 Å². The number of carbonyl (C=O) groups excluding carboxylic acids is 1. The predicted octanol–water partition coefficient (Wildman–Crippen LogP) is 1.93. The van der Waals surface area contributed by atoms with Gasteiger partial charge < -0.3 is 59.8 Å². The Morgan fingerprint density at radius 3 is 2.19 bits per heavy atom. The smallest absolute Gasteiger partial charge is 0.315 e. The maximum Gasteiger partial charge on any atom is 0.315 e. The van der Waals surface area contributed by atoms with Crippen molar-refractivity contribution in [1.29, 1.82) is 0 Å². The van der Waals surface area contributed by atoms with Gasteiger partial charge in [-0.2, -0.15) is 0 Å². The molecule has 2 saturated heterocycles. The zero-order valence-electron chi connectivity index (χ0n) is 33.1. The van der Waals surface area contributed by atoms with Crippen LogP contribution in [0.1, 0.15) is 106 Å². The number of allylic oxidation sites excluding steroid dienone is 1. The third-order valence-corrected chi connectivity index (χ3v) is 17.2. The molecule has 7 rings (SSSR count). The molecule has 7 aliphatic rings. The van der Waals surface area contributed by atoms with Gasteiger partial charge in [0.25, 0.3) is 0 Å². The van der Waals surface area contributed by atoms with E-state index in [9.17, 15) is 45.6 Å². The molecule has 13 nitrogen and oxygen atoms in total. The second kappa shape index (κ2) is 13.7. The van der Waals surface area contributed by atoms with E-state index in [-0.39, 0.29) is 46.2 Å². The molecule has 0 spiro atoms. The van der Waals surface area contributed by atoms with E-state index in [1.807, 2.05) is 13.8 Å². The minimum atomic E-state index is -1.72. The topological polar surface area (TPSA) is 216 Å². The Morgan fingerprint density at radius 2 is 1.50 bits per heavy atom. The second-order valence-corrected chi connectivity index (χ2v) is 19.9. The molecule has 0 amide bonds. The fraction of sp³-hybridized carbons (Fsp3) is 0.927. The maximum absolute atomic E-state index is 14.6. The lowest BCUT2D eigenvalue weighted by Crippen LogP contribution is -2.68. The van der Waals surface area contributed by atoms with Crippen LogP contribution in [0.3, 0.4) is 0 Å². The van der Waals surface area contributed by atoms with Crippen molar-refractivity contribution < 1.29 is 64.6 Å². The lowest BCUT2D eigenvalue weighted by atomic mass is 9.33. The van der Waals surface area contributed by atoms with Crippen LogP contribution < -0.4 is 0 Å². The summed E-state index contributed by atoms with van der Waals surface area (Å²) in [5, 5.41) is 84.8. The molecule has 2 heterocycles. The van der Waals surface area contributed by atoms with Gasteiger partial charge in [-0.25, -0.2) is 0 Å². The lowest BCUT2D eigenvalue weighted by Gasteiger charge is -2.72. The molecule has 54 heavy (non-hydrogen) atoms. The first kappa shape index (κ1) is 40.9. The number of carbonyl (C=O) groups is 1. The average Bonchev–Trinajstić information content (AvgIpc) is 3.11. The summed E-state index contributed by atoms with van der Waals surface area (Å²) in [6, 6.07) is 0. The van der Waals surface area contributed by atoms with Crippen LogP contribution in [0.2, 0.25) is 0 Å². The highest BCUT2D eigenvalue weighted by molar-refractivity contribution is 5.79. The van der Waals surface area contributed by atoms with Gasteiger partial charge in [0.2, 0.25) is 6.29 Å². The van der Waals surface area contributed by atoms with Crippen LogP contribution >= 0.6 is 0 Å². The van der Waals surface area contributed by atoms with Crippen LogP contribution in [-0.4, -0.2) is 127 Å². The molecule has 8 N–H and O–H groups in total. The largest absolute Gasteiger partial charge is 0.432 e. The van der Waals surface area contributed by atoms with E-state index < -0.39 is 84.8 Å². The van der Waals surface area contributed by atoms with Crippen molar-refractivity contribution in [3.63, 3.8) is 0 Å². The molecule has 6 fully saturated rings. The van der Waals surface area contributed by atoms with E-state index in [0.717, 1.165) is 37.7 Å². The van der Waals surface area contributed by atoms with Crippen LogP contribution in [0.25, 0.3) is 0 Å². The number of aliphatic hydroxyl groups excluding tert-OH is 7. The van der Waals surface area contributed by atoms with Crippen molar-refractivity contribution in [3.8, 4) is 0 Å². The normalized spacial score (nSPS) is 55.6. The monoisotopic (exact) mass is 766 g/mol. The van der Waals surface area contributed by atoms with Gasteiger partial charge in [-0.1, -0.05) is 53.2 Å². The number of aliphatic hydroxyl groups is 8. The maximum atomic E-state index is 14.6. The highest BCUT2D eigenvalue weighted by Gasteiger charge is 2.72. The van der Waals surface area contributed by atoms with Crippen molar-refractivity contribution in [2.45, 2.75) is 173 Å². The molecule has 2 aliphatic heterocycles. The van der Waals surface area contributed by atoms with E-state index in [1.165, 1.54) is 0 Å². The molecule has 19 atom stereocenters. The SMILES string of the molecule is C[C@H]1CC[C@]2(C(=O)O[C@@H]3O[C@H](CO)[C@@H](O)[C@H](O)[C@H]3O)CC[C@]3(C)C(=CC[C@@H]4[C@@]5(C)CC[C@H](O[C@@H]6OC[C@H](O)[C@H](O)[C@H]6O)C(C)(C)[C@@H]5CC[C@]43C)[C@@H]2[C@]1(C)O. The Balaban J connectivity index is 1.19. The molecule has 0 aromatic carbocycles. The lowest BCUT2D eigenvalue weighted by molar-refractivity contribution is -0.308. The number of fused-ring (bicyclic) bond motifs is 7. The Kier molecular flexibility index (Phi) is 10.4. The first-order valence-corrected chi connectivity index (χ1v) is 20.4. The van der Waals surface area contributed by atoms with Crippen LogP contribution in [0.5, 0.6) is 0 Å². The van der Waals surface area contributed by atoms with Crippen molar-refractivity contribution in [1.82, 2.24) is 0 Å². The molecular formula is C41H66O13. The average molecular weight is 767 g/mol. The minimum absolute atomic E-state index is 0.0674. The first-order chi connectivity index (χ1) is 25.1. The van der Waals surface area contributed by atoms with Gasteiger partial charge in [0.15, 0.2) is 6.29 Å². The van der Waals surface area contributed by atoms with Gasteiger partial charge in [0, 0.05) is 5.92 Å². The zero-order valence-corrected chi connectivity index (χ0v) is 33.1. The molecule has 0 unspecified atom stereocenters. The third-order valence-electron chi connectivity index (χ3n) is 17.2. The first-order valence-electron chi connectivity index (χ1n) is 20.4. The molecule has 5 aliphatic carbocycles. The highest BCUT2D eigenvalue weighted by Crippen LogP contribution is 2.76. The van der Waals surface area contributed by atoms with E-state index in [2.05, 4.69) is 40.7 Å². The molecule has 0 bridgehead atoms. The van der Waals surface area contributed by atoms with Crippen molar-refractivity contribution in [3.05, 3.63) is 11.6 Å². The molecular weight excluding hydrogens is 700 g/mol. The Labute approximate surface area is 319 Å². The van der Waals surface area contributed by atoms with Crippen molar-refractivity contribution >= 4 is 5.97 Å². The second-order valence-electron chi connectivity index (χ2n) is 19.9. The van der Waals surface area contributed by atoms with Gasteiger partial charge in [-0.05, 0) is 104 Å². The zero-order chi connectivity index (χ0) is 39.6. The van der Waals surface area contributed by atoms with Gasteiger partial charge >= 0.3 is 5.97 Å². The number of ether oxygens (including phenoxy) is 4. The Bertz CT molecular complexity index is 1470. The Morgan fingerprint density at radius 1 is 0.815 bits per heavy atom. The van der Waals surface area contributed by atoms with Gasteiger partial charge in [0.05, 0.1) is 30.3 Å². The standard InChI is InChI=1S/C41H66O13/c1-20-10-15-41(35(49)54-34-31(48)29(46)28(45)23(18-42)52-34)17-16-38(5)21(32(41)40(20,7)50)8-9-25-37(4)13-12-26(36(2,3)24(37)11-14-39(25,38)6)53-33-30(47)27(44)22(43)19-51-33/h8,20,22-34,42-48,50H,9-19H2,1-7H3/t20-,22-,23+,24-,25+,26-,27-,28+,29-,30+,31+,32+,33-,34-,37-,38+,39+,40+,41-/m0/s1. The van der Waals surface area contributed by atoms with Gasteiger partial charge in [-0.15, -0.1) is 0 Å². The summed E-state index contributed by atoms with van der Waals surface area (Å²) in [5.41, 5.74) is -2.15. The van der Waals surface area contributed by atoms with Crippen molar-refractivity contribution in [2.24, 2.45) is 50.7 Å². The van der Waals surface area contributed by atoms with Crippen molar-refractivity contribution in [2.75, 3.05) is 13.2 Å². The molecule has 13 heteroatoms. The summed E-state index contributed by atoms with van der Waals surface area (Å²) in [7, 11) is 0. The van der Waals surface area contributed by atoms with Crippen LogP contribution in [0.15, 0.2) is 11.6 Å². The van der Waals surface area contributed by atoms with E-state index in [4.69, 9.17) is 18.9 Å². The fourth-order valence-electron chi connectivity index (χ4n) is 13.5. The molecule has 0 radical (unpaired) electrons. The number of esters is 1. The highest BCUT2D eigenvalue weighted by atomic mass is 16.7. The van der Waals surface area contributed by atoms with Crippen LogP contribution in [-0.2, 0) is 23.7 Å². The third kappa shape index (κ3) is 5.68.